The molecule has 0 aliphatic carbocycles. The number of benzene rings is 1. The van der Waals surface area contributed by atoms with Crippen molar-refractivity contribution in [2.45, 2.75) is 24.3 Å². The molecule has 2 aromatic rings. The Morgan fingerprint density at radius 2 is 2.04 bits per heavy atom. The fraction of sp³-hybridized carbons (Fsp3) is 0.389. The van der Waals surface area contributed by atoms with Crippen molar-refractivity contribution in [3.05, 3.63) is 52.2 Å². The smallest absolute Gasteiger partial charge is 0.251 e. The maximum atomic E-state index is 12.3. The summed E-state index contributed by atoms with van der Waals surface area (Å²) < 4.78 is 27.2. The standard InChI is InChI=1S/C18H23N3O3S2/c22-18(20-10-8-14-7-9-19-12-14)15-3-5-17(6-4-15)26(23,24)21-13-16-2-1-11-25-16/h1-6,11,14,19,21H,7-10,12-13H2,(H,20,22). The van der Waals surface area contributed by atoms with Crippen LogP contribution in [0.15, 0.2) is 46.7 Å². The number of carbonyl (C=O) groups excluding carboxylic acids is 1. The van der Waals surface area contributed by atoms with Crippen molar-refractivity contribution in [3.63, 3.8) is 0 Å². The van der Waals surface area contributed by atoms with Crippen LogP contribution < -0.4 is 15.4 Å². The van der Waals surface area contributed by atoms with Crippen molar-refractivity contribution < 1.29 is 13.2 Å². The summed E-state index contributed by atoms with van der Waals surface area (Å²) in [6.45, 7) is 2.96. The van der Waals surface area contributed by atoms with Crippen LogP contribution in [0.25, 0.3) is 0 Å². The molecule has 1 saturated heterocycles. The van der Waals surface area contributed by atoms with Crippen LogP contribution in [-0.4, -0.2) is 34.0 Å². The second-order valence-corrected chi connectivity index (χ2v) is 9.13. The van der Waals surface area contributed by atoms with Gasteiger partial charge in [-0.2, -0.15) is 0 Å². The molecule has 1 fully saturated rings. The average Bonchev–Trinajstić information content (AvgIpc) is 3.34. The van der Waals surface area contributed by atoms with Crippen LogP contribution >= 0.6 is 11.3 Å². The van der Waals surface area contributed by atoms with Gasteiger partial charge in [0.2, 0.25) is 10.0 Å². The monoisotopic (exact) mass is 393 g/mol. The van der Waals surface area contributed by atoms with Crippen molar-refractivity contribution in [2.24, 2.45) is 5.92 Å². The first-order chi connectivity index (χ1) is 12.5. The maximum Gasteiger partial charge on any atom is 0.251 e. The number of sulfonamides is 1. The van der Waals surface area contributed by atoms with E-state index in [0.29, 0.717) is 18.0 Å². The highest BCUT2D eigenvalue weighted by Crippen LogP contribution is 2.14. The van der Waals surface area contributed by atoms with E-state index in [4.69, 9.17) is 0 Å². The van der Waals surface area contributed by atoms with Crippen LogP contribution in [0.5, 0.6) is 0 Å². The van der Waals surface area contributed by atoms with Gasteiger partial charge in [-0.05, 0) is 67.6 Å². The van der Waals surface area contributed by atoms with E-state index in [9.17, 15) is 13.2 Å². The Morgan fingerprint density at radius 3 is 2.69 bits per heavy atom. The summed E-state index contributed by atoms with van der Waals surface area (Å²) in [6, 6.07) is 9.78. The van der Waals surface area contributed by atoms with Gasteiger partial charge in [0.25, 0.3) is 5.91 Å². The van der Waals surface area contributed by atoms with E-state index in [1.54, 1.807) is 12.1 Å². The average molecular weight is 394 g/mol. The normalized spacial score (nSPS) is 17.3. The molecule has 1 amide bonds. The highest BCUT2D eigenvalue weighted by atomic mass is 32.2. The van der Waals surface area contributed by atoms with Gasteiger partial charge in [-0.15, -0.1) is 11.3 Å². The summed E-state index contributed by atoms with van der Waals surface area (Å²) in [7, 11) is -3.59. The molecule has 1 aromatic heterocycles. The lowest BCUT2D eigenvalue weighted by Gasteiger charge is -2.10. The summed E-state index contributed by atoms with van der Waals surface area (Å²) in [5, 5.41) is 8.11. The molecule has 3 rings (SSSR count). The minimum absolute atomic E-state index is 0.155. The van der Waals surface area contributed by atoms with E-state index in [1.165, 1.54) is 23.5 Å². The lowest BCUT2D eigenvalue weighted by molar-refractivity contribution is 0.0951. The molecule has 1 aliphatic rings. The van der Waals surface area contributed by atoms with E-state index >= 15 is 0 Å². The van der Waals surface area contributed by atoms with Crippen LogP contribution in [0, 0.1) is 5.92 Å². The Labute approximate surface area is 158 Å². The van der Waals surface area contributed by atoms with Gasteiger partial charge in [0.1, 0.15) is 0 Å². The quantitative estimate of drug-likeness (QED) is 0.640. The van der Waals surface area contributed by atoms with Crippen LogP contribution in [0.3, 0.4) is 0 Å². The molecular weight excluding hydrogens is 370 g/mol. The predicted octanol–water partition coefficient (Wildman–Crippen LogP) is 1.96. The Morgan fingerprint density at radius 1 is 1.23 bits per heavy atom. The van der Waals surface area contributed by atoms with E-state index in [1.807, 2.05) is 17.5 Å². The molecule has 0 radical (unpaired) electrons. The lowest BCUT2D eigenvalue weighted by atomic mass is 10.1. The number of nitrogens with one attached hydrogen (secondary N) is 3. The second kappa shape index (κ2) is 8.77. The minimum atomic E-state index is -3.59. The molecule has 3 N–H and O–H groups in total. The van der Waals surface area contributed by atoms with Crippen molar-refractivity contribution in [1.82, 2.24) is 15.4 Å². The molecule has 0 saturated carbocycles. The van der Waals surface area contributed by atoms with Gasteiger partial charge < -0.3 is 10.6 Å². The van der Waals surface area contributed by atoms with Gasteiger partial charge in [-0.1, -0.05) is 6.07 Å². The molecule has 6 nitrogen and oxygen atoms in total. The molecule has 1 unspecified atom stereocenters. The number of hydrogen-bond acceptors (Lipinski definition) is 5. The number of amides is 1. The van der Waals surface area contributed by atoms with Gasteiger partial charge >= 0.3 is 0 Å². The first kappa shape index (κ1) is 19.0. The number of carbonyl (C=O) groups is 1. The minimum Gasteiger partial charge on any atom is -0.352 e. The van der Waals surface area contributed by atoms with Crippen molar-refractivity contribution >= 4 is 27.3 Å². The topological polar surface area (TPSA) is 87.3 Å². The van der Waals surface area contributed by atoms with Gasteiger partial charge in [0.05, 0.1) is 4.90 Å². The Hall–Kier alpha value is -1.74. The zero-order chi connectivity index (χ0) is 18.4. The molecule has 1 aromatic carbocycles. The Balaban J connectivity index is 1.52. The summed E-state index contributed by atoms with van der Waals surface area (Å²) in [4.78, 5) is 13.3. The van der Waals surface area contributed by atoms with Crippen LogP contribution in [-0.2, 0) is 16.6 Å². The second-order valence-electron chi connectivity index (χ2n) is 6.33. The van der Waals surface area contributed by atoms with Gasteiger partial charge in [-0.25, -0.2) is 13.1 Å². The fourth-order valence-corrected chi connectivity index (χ4v) is 4.64. The first-order valence-electron chi connectivity index (χ1n) is 8.65. The third kappa shape index (κ3) is 5.14. The van der Waals surface area contributed by atoms with Gasteiger partial charge in [0, 0.05) is 23.5 Å². The highest BCUT2D eigenvalue weighted by molar-refractivity contribution is 7.89. The summed E-state index contributed by atoms with van der Waals surface area (Å²) in [5.41, 5.74) is 0.465. The molecular formula is C18H23N3O3S2. The van der Waals surface area contributed by atoms with Crippen LogP contribution in [0.2, 0.25) is 0 Å². The predicted molar refractivity (Wildman–Crippen MR) is 103 cm³/mol. The largest absolute Gasteiger partial charge is 0.352 e. The summed E-state index contributed by atoms with van der Waals surface area (Å²) in [6.07, 6.45) is 2.11. The number of rotatable bonds is 8. The maximum absolute atomic E-state index is 12.3. The van der Waals surface area contributed by atoms with Crippen molar-refractivity contribution in [1.29, 1.82) is 0 Å². The third-order valence-corrected chi connectivity index (χ3v) is 6.74. The Bertz CT molecular complexity index is 812. The fourth-order valence-electron chi connectivity index (χ4n) is 2.90. The van der Waals surface area contributed by atoms with E-state index < -0.39 is 10.0 Å². The number of thiophene rings is 1. The molecule has 140 valence electrons. The van der Waals surface area contributed by atoms with Crippen molar-refractivity contribution in [3.8, 4) is 0 Å². The first-order valence-corrected chi connectivity index (χ1v) is 11.0. The molecule has 2 heterocycles. The summed E-state index contributed by atoms with van der Waals surface area (Å²) >= 11 is 1.50. The summed E-state index contributed by atoms with van der Waals surface area (Å²) in [5.74, 6) is 0.448. The van der Waals surface area contributed by atoms with E-state index in [-0.39, 0.29) is 17.3 Å². The molecule has 1 aliphatic heterocycles. The highest BCUT2D eigenvalue weighted by Gasteiger charge is 2.16. The zero-order valence-electron chi connectivity index (χ0n) is 14.4. The Kier molecular flexibility index (Phi) is 6.42. The van der Waals surface area contributed by atoms with E-state index in [2.05, 4.69) is 15.4 Å². The number of hydrogen-bond donors (Lipinski definition) is 3. The lowest BCUT2D eigenvalue weighted by Crippen LogP contribution is -2.26. The molecule has 26 heavy (non-hydrogen) atoms. The molecule has 0 bridgehead atoms. The SMILES string of the molecule is O=C(NCCC1CCNC1)c1ccc(S(=O)(=O)NCc2cccs2)cc1. The van der Waals surface area contributed by atoms with Crippen molar-refractivity contribution in [2.75, 3.05) is 19.6 Å². The van der Waals surface area contributed by atoms with Crippen LogP contribution in [0.1, 0.15) is 28.1 Å². The zero-order valence-corrected chi connectivity index (χ0v) is 16.0. The molecule has 8 heteroatoms. The third-order valence-electron chi connectivity index (χ3n) is 4.44. The molecule has 1 atom stereocenters. The van der Waals surface area contributed by atoms with E-state index in [0.717, 1.165) is 30.8 Å². The van der Waals surface area contributed by atoms with Crippen LogP contribution in [0.4, 0.5) is 0 Å². The van der Waals surface area contributed by atoms with Gasteiger partial charge in [0.15, 0.2) is 0 Å². The van der Waals surface area contributed by atoms with Gasteiger partial charge in [-0.3, -0.25) is 4.79 Å². The molecule has 0 spiro atoms.